The van der Waals surface area contributed by atoms with Crippen LogP contribution >= 0.6 is 0 Å². The standard InChI is InChI=1S/C17H27N3/c1-11(2)18-9-15-10-19-16(20-15)17-6-12-3-13(7-17)5-14(4-12)8-17/h10-14,18H,3-9H2,1-2H3,(H,19,20). The van der Waals surface area contributed by atoms with Gasteiger partial charge in [-0.1, -0.05) is 13.8 Å². The van der Waals surface area contributed by atoms with Crippen molar-refractivity contribution in [3.63, 3.8) is 0 Å². The summed E-state index contributed by atoms with van der Waals surface area (Å²) < 4.78 is 0. The number of aromatic amines is 1. The highest BCUT2D eigenvalue weighted by Crippen LogP contribution is 2.60. The number of rotatable bonds is 4. The van der Waals surface area contributed by atoms with E-state index in [1.54, 1.807) is 0 Å². The Labute approximate surface area is 122 Å². The second-order valence-corrected chi connectivity index (χ2v) is 7.99. The summed E-state index contributed by atoms with van der Waals surface area (Å²) in [4.78, 5) is 8.44. The fraction of sp³-hybridized carbons (Fsp3) is 0.824. The summed E-state index contributed by atoms with van der Waals surface area (Å²) in [6.45, 7) is 5.30. The number of nitrogens with zero attached hydrogens (tertiary/aromatic N) is 1. The van der Waals surface area contributed by atoms with Crippen LogP contribution in [0.4, 0.5) is 0 Å². The number of nitrogens with one attached hydrogen (secondary N) is 2. The van der Waals surface area contributed by atoms with Crippen LogP contribution in [0.25, 0.3) is 0 Å². The van der Waals surface area contributed by atoms with E-state index in [9.17, 15) is 0 Å². The first-order valence-corrected chi connectivity index (χ1v) is 8.41. The summed E-state index contributed by atoms with van der Waals surface area (Å²) in [5.41, 5.74) is 1.66. The van der Waals surface area contributed by atoms with E-state index in [2.05, 4.69) is 30.3 Å². The molecule has 0 atom stereocenters. The number of hydrogen-bond acceptors (Lipinski definition) is 2. The van der Waals surface area contributed by atoms with E-state index >= 15 is 0 Å². The average Bonchev–Trinajstić information content (AvgIpc) is 2.84. The Bertz CT molecular complexity index is 453. The van der Waals surface area contributed by atoms with Gasteiger partial charge in [0, 0.05) is 29.9 Å². The fourth-order valence-corrected chi connectivity index (χ4v) is 5.43. The van der Waals surface area contributed by atoms with Gasteiger partial charge in [-0.3, -0.25) is 0 Å². The molecular formula is C17H27N3. The van der Waals surface area contributed by atoms with Gasteiger partial charge in [-0.25, -0.2) is 4.98 Å². The van der Waals surface area contributed by atoms with E-state index in [0.717, 1.165) is 24.3 Å². The molecule has 0 saturated heterocycles. The molecule has 4 fully saturated rings. The van der Waals surface area contributed by atoms with Crippen LogP contribution in [0.15, 0.2) is 6.20 Å². The number of aromatic nitrogens is 2. The molecule has 1 heterocycles. The van der Waals surface area contributed by atoms with Gasteiger partial charge < -0.3 is 10.3 Å². The van der Waals surface area contributed by atoms with E-state index in [1.807, 2.05) is 0 Å². The summed E-state index contributed by atoms with van der Waals surface area (Å²) in [7, 11) is 0. The Morgan fingerprint density at radius 2 is 1.80 bits per heavy atom. The van der Waals surface area contributed by atoms with E-state index in [0.29, 0.717) is 11.5 Å². The van der Waals surface area contributed by atoms with Gasteiger partial charge >= 0.3 is 0 Å². The fourth-order valence-electron chi connectivity index (χ4n) is 5.43. The third kappa shape index (κ3) is 2.11. The van der Waals surface area contributed by atoms with Crippen LogP contribution in [-0.4, -0.2) is 16.0 Å². The molecule has 110 valence electrons. The van der Waals surface area contributed by atoms with Crippen molar-refractivity contribution in [1.82, 2.24) is 15.3 Å². The molecule has 5 rings (SSSR count). The van der Waals surface area contributed by atoms with Crippen molar-refractivity contribution < 1.29 is 0 Å². The molecule has 20 heavy (non-hydrogen) atoms. The zero-order valence-electron chi connectivity index (χ0n) is 12.8. The summed E-state index contributed by atoms with van der Waals surface area (Å²) in [6.07, 6.45) is 10.7. The summed E-state index contributed by atoms with van der Waals surface area (Å²) in [6, 6.07) is 0.529. The molecule has 0 aromatic carbocycles. The minimum absolute atomic E-state index is 0.408. The number of H-pyrrole nitrogens is 1. The van der Waals surface area contributed by atoms with Crippen LogP contribution in [0.5, 0.6) is 0 Å². The first-order chi connectivity index (χ1) is 9.63. The van der Waals surface area contributed by atoms with E-state index < -0.39 is 0 Å². The monoisotopic (exact) mass is 273 g/mol. The molecule has 0 aliphatic heterocycles. The van der Waals surface area contributed by atoms with Gasteiger partial charge in [0.25, 0.3) is 0 Å². The van der Waals surface area contributed by atoms with E-state index in [1.165, 1.54) is 50.0 Å². The summed E-state index contributed by atoms with van der Waals surface area (Å²) >= 11 is 0. The zero-order chi connectivity index (χ0) is 13.7. The van der Waals surface area contributed by atoms with Crippen LogP contribution in [0, 0.1) is 17.8 Å². The van der Waals surface area contributed by atoms with Crippen LogP contribution in [0.2, 0.25) is 0 Å². The molecule has 0 radical (unpaired) electrons. The van der Waals surface area contributed by atoms with Crippen LogP contribution in [0.3, 0.4) is 0 Å². The van der Waals surface area contributed by atoms with Crippen molar-refractivity contribution in [2.75, 3.05) is 0 Å². The topological polar surface area (TPSA) is 40.7 Å². The number of hydrogen-bond donors (Lipinski definition) is 2. The molecule has 4 aliphatic rings. The largest absolute Gasteiger partial charge is 0.344 e. The minimum Gasteiger partial charge on any atom is -0.344 e. The van der Waals surface area contributed by atoms with E-state index in [-0.39, 0.29) is 0 Å². The second kappa shape index (κ2) is 4.59. The van der Waals surface area contributed by atoms with Crippen molar-refractivity contribution >= 4 is 0 Å². The SMILES string of the molecule is CC(C)NCc1cnc(C23CC4CC(CC(C4)C2)C3)[nH]1. The molecule has 4 saturated carbocycles. The molecular weight excluding hydrogens is 246 g/mol. The van der Waals surface area contributed by atoms with Gasteiger partial charge in [-0.05, 0) is 56.3 Å². The van der Waals surface area contributed by atoms with Crippen molar-refractivity contribution in [1.29, 1.82) is 0 Å². The van der Waals surface area contributed by atoms with Crippen LogP contribution in [0.1, 0.15) is 63.9 Å². The normalized spacial score (nSPS) is 38.9. The Balaban J connectivity index is 1.55. The Kier molecular flexibility index (Phi) is 2.95. The molecule has 4 bridgehead atoms. The van der Waals surface area contributed by atoms with Gasteiger partial charge in [0.15, 0.2) is 0 Å². The first kappa shape index (κ1) is 12.9. The molecule has 1 aromatic heterocycles. The third-order valence-electron chi connectivity index (χ3n) is 5.87. The summed E-state index contributed by atoms with van der Waals surface area (Å²) in [5, 5.41) is 3.48. The lowest BCUT2D eigenvalue weighted by Gasteiger charge is -2.56. The van der Waals surface area contributed by atoms with Crippen molar-refractivity contribution in [2.24, 2.45) is 17.8 Å². The maximum Gasteiger partial charge on any atom is 0.112 e. The highest BCUT2D eigenvalue weighted by Gasteiger charge is 2.52. The smallest absolute Gasteiger partial charge is 0.112 e. The van der Waals surface area contributed by atoms with Crippen molar-refractivity contribution in [2.45, 2.75) is 70.4 Å². The van der Waals surface area contributed by atoms with Gasteiger partial charge in [0.2, 0.25) is 0 Å². The highest BCUT2D eigenvalue weighted by atomic mass is 15.0. The van der Waals surface area contributed by atoms with Crippen molar-refractivity contribution in [3.8, 4) is 0 Å². The Morgan fingerprint density at radius 3 is 2.35 bits per heavy atom. The van der Waals surface area contributed by atoms with Gasteiger partial charge in [0.1, 0.15) is 5.82 Å². The lowest BCUT2D eigenvalue weighted by Crippen LogP contribution is -2.49. The summed E-state index contributed by atoms with van der Waals surface area (Å²) in [5.74, 6) is 4.27. The maximum atomic E-state index is 4.79. The minimum atomic E-state index is 0.408. The predicted octanol–water partition coefficient (Wildman–Crippen LogP) is 3.38. The molecule has 0 unspecified atom stereocenters. The van der Waals surface area contributed by atoms with Crippen LogP contribution in [-0.2, 0) is 12.0 Å². The molecule has 0 amide bonds. The highest BCUT2D eigenvalue weighted by molar-refractivity contribution is 5.19. The van der Waals surface area contributed by atoms with E-state index in [4.69, 9.17) is 4.98 Å². The quantitative estimate of drug-likeness (QED) is 0.883. The van der Waals surface area contributed by atoms with Crippen LogP contribution < -0.4 is 5.32 Å². The Hall–Kier alpha value is -0.830. The molecule has 4 aliphatic carbocycles. The molecule has 1 aromatic rings. The average molecular weight is 273 g/mol. The lowest BCUT2D eigenvalue weighted by atomic mass is 9.49. The molecule has 3 nitrogen and oxygen atoms in total. The zero-order valence-corrected chi connectivity index (χ0v) is 12.8. The number of imidazole rings is 1. The van der Waals surface area contributed by atoms with Crippen molar-refractivity contribution in [3.05, 3.63) is 17.7 Å². The molecule has 2 N–H and O–H groups in total. The van der Waals surface area contributed by atoms with Gasteiger partial charge in [0.05, 0.1) is 0 Å². The van der Waals surface area contributed by atoms with Gasteiger partial charge in [-0.15, -0.1) is 0 Å². The lowest BCUT2D eigenvalue weighted by molar-refractivity contribution is -0.00905. The Morgan fingerprint density at radius 1 is 1.20 bits per heavy atom. The predicted molar refractivity (Wildman–Crippen MR) is 80.4 cm³/mol. The first-order valence-electron chi connectivity index (χ1n) is 8.41. The second-order valence-electron chi connectivity index (χ2n) is 7.99. The third-order valence-corrected chi connectivity index (χ3v) is 5.87. The van der Waals surface area contributed by atoms with Gasteiger partial charge in [-0.2, -0.15) is 0 Å². The molecule has 0 spiro atoms. The molecule has 3 heteroatoms. The maximum absolute atomic E-state index is 4.79.